The number of nitrogens with zero attached hydrogens (tertiary/aromatic N) is 2. The van der Waals surface area contributed by atoms with Crippen LogP contribution in [-0.4, -0.2) is 46.5 Å². The molecule has 0 atom stereocenters. The Labute approximate surface area is 190 Å². The maximum Gasteiger partial charge on any atom is 0.494 e. The number of hydrogen-bond acceptors (Lipinski definition) is 6. The first kappa shape index (κ1) is 24.2. The van der Waals surface area contributed by atoms with Crippen LogP contribution in [0.1, 0.15) is 64.5 Å². The molecule has 0 amide bonds. The summed E-state index contributed by atoms with van der Waals surface area (Å²) in [5, 5.41) is 5.14. The second-order valence-electron chi connectivity index (χ2n) is 9.80. The number of carbonyl (C=O) groups excluding carboxylic acids is 2. The highest BCUT2D eigenvalue weighted by molar-refractivity contribution is 6.62. The first-order valence-corrected chi connectivity index (χ1v) is 11.0. The van der Waals surface area contributed by atoms with Gasteiger partial charge in [0.1, 0.15) is 12.2 Å². The molecule has 3 rings (SSSR count). The lowest BCUT2D eigenvalue weighted by Crippen LogP contribution is -2.41. The molecule has 0 aliphatic carbocycles. The SMILES string of the molecule is C=CCc1cc(B2OC(C)(C)C(C)(C)O2)cc2c(C(C)=O)nn(CC(=O)OCC(C)C)c12. The van der Waals surface area contributed by atoms with Crippen molar-refractivity contribution in [2.45, 2.75) is 72.6 Å². The van der Waals surface area contributed by atoms with Crippen molar-refractivity contribution in [3.63, 3.8) is 0 Å². The fourth-order valence-corrected chi connectivity index (χ4v) is 3.66. The van der Waals surface area contributed by atoms with Crippen molar-refractivity contribution < 1.29 is 23.6 Å². The van der Waals surface area contributed by atoms with Gasteiger partial charge in [-0.2, -0.15) is 5.10 Å². The van der Waals surface area contributed by atoms with Crippen LogP contribution in [0.3, 0.4) is 0 Å². The molecule has 32 heavy (non-hydrogen) atoms. The summed E-state index contributed by atoms with van der Waals surface area (Å²) in [6.45, 7) is 17.5. The summed E-state index contributed by atoms with van der Waals surface area (Å²) >= 11 is 0. The van der Waals surface area contributed by atoms with Gasteiger partial charge in [-0.3, -0.25) is 14.3 Å². The second kappa shape index (κ2) is 8.83. The fourth-order valence-electron chi connectivity index (χ4n) is 3.66. The first-order valence-electron chi connectivity index (χ1n) is 11.0. The molecule has 1 aromatic carbocycles. The Morgan fingerprint density at radius 1 is 1.22 bits per heavy atom. The second-order valence-corrected chi connectivity index (χ2v) is 9.80. The number of hydrogen-bond donors (Lipinski definition) is 0. The number of ether oxygens (including phenoxy) is 1. The van der Waals surface area contributed by atoms with E-state index >= 15 is 0 Å². The Kier molecular flexibility index (Phi) is 6.68. The minimum absolute atomic E-state index is 0.0729. The summed E-state index contributed by atoms with van der Waals surface area (Å²) in [7, 11) is -0.577. The van der Waals surface area contributed by atoms with E-state index in [2.05, 4.69) is 11.7 Å². The molecule has 0 unspecified atom stereocenters. The zero-order valence-corrected chi connectivity index (χ0v) is 20.2. The van der Waals surface area contributed by atoms with Gasteiger partial charge in [0.25, 0.3) is 0 Å². The monoisotopic (exact) mass is 440 g/mol. The van der Waals surface area contributed by atoms with Crippen molar-refractivity contribution in [2.24, 2.45) is 5.92 Å². The molecule has 0 N–H and O–H groups in total. The van der Waals surface area contributed by atoms with E-state index in [1.54, 1.807) is 10.8 Å². The molecule has 1 aromatic heterocycles. The third kappa shape index (κ3) is 4.66. The molecule has 1 aliphatic rings. The van der Waals surface area contributed by atoms with Gasteiger partial charge in [-0.15, -0.1) is 6.58 Å². The molecule has 2 aromatic rings. The van der Waals surface area contributed by atoms with Gasteiger partial charge < -0.3 is 14.0 Å². The van der Waals surface area contributed by atoms with Crippen LogP contribution in [0.5, 0.6) is 0 Å². The van der Waals surface area contributed by atoms with Gasteiger partial charge in [0, 0.05) is 12.3 Å². The van der Waals surface area contributed by atoms with Crippen LogP contribution in [0, 0.1) is 5.92 Å². The quantitative estimate of drug-likeness (QED) is 0.271. The van der Waals surface area contributed by atoms with E-state index < -0.39 is 24.3 Å². The Morgan fingerprint density at radius 2 is 1.84 bits per heavy atom. The summed E-state index contributed by atoms with van der Waals surface area (Å²) in [4.78, 5) is 24.8. The maximum atomic E-state index is 12.4. The highest BCUT2D eigenvalue weighted by atomic mass is 16.7. The first-order chi connectivity index (χ1) is 14.9. The van der Waals surface area contributed by atoms with Crippen molar-refractivity contribution in [1.82, 2.24) is 9.78 Å². The van der Waals surface area contributed by atoms with E-state index in [9.17, 15) is 9.59 Å². The largest absolute Gasteiger partial charge is 0.494 e. The zero-order chi connectivity index (χ0) is 23.8. The third-order valence-corrected chi connectivity index (χ3v) is 6.02. The van der Waals surface area contributed by atoms with Gasteiger partial charge in [0.05, 0.1) is 23.3 Å². The number of esters is 1. The van der Waals surface area contributed by atoms with E-state index in [0.29, 0.717) is 24.1 Å². The van der Waals surface area contributed by atoms with Crippen molar-refractivity contribution >= 4 is 35.2 Å². The normalized spacial score (nSPS) is 17.2. The van der Waals surface area contributed by atoms with Crippen LogP contribution in [0.4, 0.5) is 0 Å². The molecular weight excluding hydrogens is 407 g/mol. The predicted molar refractivity (Wildman–Crippen MR) is 125 cm³/mol. The lowest BCUT2D eigenvalue weighted by Gasteiger charge is -2.32. The van der Waals surface area contributed by atoms with E-state index in [-0.39, 0.29) is 18.2 Å². The summed E-state index contributed by atoms with van der Waals surface area (Å²) in [5.74, 6) is -0.336. The summed E-state index contributed by atoms with van der Waals surface area (Å²) in [6.07, 6.45) is 2.32. The van der Waals surface area contributed by atoms with Gasteiger partial charge in [0.2, 0.25) is 0 Å². The molecule has 0 radical (unpaired) electrons. The van der Waals surface area contributed by atoms with Gasteiger partial charge in [0.15, 0.2) is 5.78 Å². The smallest absolute Gasteiger partial charge is 0.464 e. The summed E-state index contributed by atoms with van der Waals surface area (Å²) in [5.41, 5.74) is 1.74. The highest BCUT2D eigenvalue weighted by Crippen LogP contribution is 2.37. The molecule has 0 bridgehead atoms. The Bertz CT molecular complexity index is 1040. The average molecular weight is 440 g/mol. The molecule has 2 heterocycles. The molecule has 1 aliphatic heterocycles. The average Bonchev–Trinajstić information content (AvgIpc) is 3.14. The van der Waals surface area contributed by atoms with Crippen molar-refractivity contribution in [2.75, 3.05) is 6.61 Å². The van der Waals surface area contributed by atoms with E-state index in [4.69, 9.17) is 14.0 Å². The van der Waals surface area contributed by atoms with Crippen LogP contribution >= 0.6 is 0 Å². The highest BCUT2D eigenvalue weighted by Gasteiger charge is 2.51. The number of rotatable bonds is 8. The van der Waals surface area contributed by atoms with Gasteiger partial charge in [-0.1, -0.05) is 32.1 Å². The molecule has 1 fully saturated rings. The predicted octanol–water partition coefficient (Wildman–Crippen LogP) is 3.47. The third-order valence-electron chi connectivity index (χ3n) is 6.02. The molecule has 0 spiro atoms. The van der Waals surface area contributed by atoms with E-state index in [0.717, 1.165) is 16.5 Å². The molecule has 1 saturated heterocycles. The fraction of sp³-hybridized carbons (Fsp3) is 0.542. The van der Waals surface area contributed by atoms with Crippen LogP contribution in [0.15, 0.2) is 24.8 Å². The minimum Gasteiger partial charge on any atom is -0.464 e. The molecule has 172 valence electrons. The summed E-state index contributed by atoms with van der Waals surface area (Å²) < 4.78 is 19.3. The van der Waals surface area contributed by atoms with Crippen LogP contribution in [-0.2, 0) is 31.8 Å². The number of aromatic nitrogens is 2. The standard InChI is InChI=1S/C24H33BN2O5/c1-9-10-17-11-18(25-31-23(5,6)24(7,8)32-25)12-19-21(16(4)28)26-27(22(17)19)13-20(29)30-14-15(2)3/h9,11-12,15H,1,10,13-14H2,2-8H3. The van der Waals surface area contributed by atoms with Crippen LogP contribution < -0.4 is 5.46 Å². The number of carbonyl (C=O) groups is 2. The summed E-state index contributed by atoms with van der Waals surface area (Å²) in [6, 6.07) is 3.86. The molecule has 8 heteroatoms. The number of allylic oxidation sites excluding steroid dienone is 1. The molecule has 0 saturated carbocycles. The minimum atomic E-state index is -0.577. The van der Waals surface area contributed by atoms with Crippen molar-refractivity contribution in [3.8, 4) is 0 Å². The maximum absolute atomic E-state index is 12.4. The lowest BCUT2D eigenvalue weighted by atomic mass is 9.77. The van der Waals surface area contributed by atoms with Crippen LogP contribution in [0.2, 0.25) is 0 Å². The number of Topliss-reactive ketones (excluding diaryl/α,β-unsaturated/α-hetero) is 1. The Balaban J connectivity index is 2.10. The van der Waals surface area contributed by atoms with E-state index in [1.807, 2.05) is 53.7 Å². The Morgan fingerprint density at radius 3 is 2.38 bits per heavy atom. The number of fused-ring (bicyclic) bond motifs is 1. The van der Waals surface area contributed by atoms with E-state index in [1.165, 1.54) is 6.92 Å². The van der Waals surface area contributed by atoms with Gasteiger partial charge in [-0.25, -0.2) is 0 Å². The molecule has 7 nitrogen and oxygen atoms in total. The van der Waals surface area contributed by atoms with Crippen molar-refractivity contribution in [1.29, 1.82) is 0 Å². The van der Waals surface area contributed by atoms with Crippen LogP contribution in [0.25, 0.3) is 10.9 Å². The topological polar surface area (TPSA) is 79.7 Å². The van der Waals surface area contributed by atoms with Crippen molar-refractivity contribution in [3.05, 3.63) is 36.0 Å². The van der Waals surface area contributed by atoms with Gasteiger partial charge >= 0.3 is 13.1 Å². The zero-order valence-electron chi connectivity index (χ0n) is 20.2. The number of benzene rings is 1. The van der Waals surface area contributed by atoms with Gasteiger partial charge in [-0.05, 0) is 51.1 Å². The molecular formula is C24H33BN2O5. The number of ketones is 1. The Hall–Kier alpha value is -2.45. The lowest BCUT2D eigenvalue weighted by molar-refractivity contribution is -0.145.